The maximum Gasteiger partial charge on any atom is 0.261 e. The van der Waals surface area contributed by atoms with Crippen LogP contribution in [0.25, 0.3) is 5.70 Å². The van der Waals surface area contributed by atoms with Gasteiger partial charge in [0.15, 0.2) is 0 Å². The van der Waals surface area contributed by atoms with Gasteiger partial charge in [0.2, 0.25) is 0 Å². The predicted octanol–water partition coefficient (Wildman–Crippen LogP) is 6.14. The van der Waals surface area contributed by atoms with Crippen LogP contribution in [0.3, 0.4) is 0 Å². The van der Waals surface area contributed by atoms with Crippen LogP contribution in [0.15, 0.2) is 78.5 Å². The highest BCUT2D eigenvalue weighted by Gasteiger charge is 2.18. The van der Waals surface area contributed by atoms with Crippen LogP contribution >= 0.6 is 11.6 Å². The molecule has 0 saturated heterocycles. The summed E-state index contributed by atoms with van der Waals surface area (Å²) in [5.74, 6) is 0. The van der Waals surface area contributed by atoms with Gasteiger partial charge in [0.05, 0.1) is 27.0 Å². The van der Waals surface area contributed by atoms with Crippen LogP contribution in [0.1, 0.15) is 44.7 Å². The maximum atomic E-state index is 13.1. The van der Waals surface area contributed by atoms with Gasteiger partial charge in [-0.05, 0) is 81.7 Å². The molecule has 0 bridgehead atoms. The Morgan fingerprint density at radius 1 is 1.06 bits per heavy atom. The highest BCUT2D eigenvalue weighted by molar-refractivity contribution is 7.89. The molecule has 0 aliphatic carbocycles. The Balaban J connectivity index is 2.01. The lowest BCUT2D eigenvalue weighted by Gasteiger charge is -2.21. The Labute approximate surface area is 222 Å². The van der Waals surface area contributed by atoms with Gasteiger partial charge >= 0.3 is 0 Å². The minimum atomic E-state index is -3.89. The van der Waals surface area contributed by atoms with Crippen LogP contribution in [0.4, 0.5) is 5.69 Å². The Kier molecular flexibility index (Phi) is 11.1. The summed E-state index contributed by atoms with van der Waals surface area (Å²) >= 11 is 6.22. The van der Waals surface area contributed by atoms with Crippen LogP contribution in [0, 0.1) is 6.92 Å². The Hall–Kier alpha value is -2.74. The molecule has 2 aromatic carbocycles. The lowest BCUT2D eigenvalue weighted by atomic mass is 10.1. The molecule has 2 rings (SSSR count). The number of benzene rings is 2. The van der Waals surface area contributed by atoms with Crippen molar-refractivity contribution < 1.29 is 8.42 Å². The Morgan fingerprint density at radius 2 is 1.75 bits per heavy atom. The molecule has 8 heteroatoms. The number of aryl methyl sites for hydroxylation is 1. The number of nitrogens with one attached hydrogen (secondary N) is 3. The summed E-state index contributed by atoms with van der Waals surface area (Å²) in [6.45, 7) is 23.4. The molecule has 2 aromatic rings. The largest absolute Gasteiger partial charge is 0.383 e. The Morgan fingerprint density at radius 3 is 2.42 bits per heavy atom. The standard InChI is InChI=1S/C28H39ClN4O2S/c1-8-33(9-2)17-11-12-21(4)30-24(7)25-13-10-14-26(19-25)36(34,35)32-23(6)22(5)31-28-18-20(3)15-16-27(28)29/h10,13-16,18-19,21,30-32H,5-9,11-12,17H2,1-4H3. The van der Waals surface area contributed by atoms with Gasteiger partial charge in [-0.3, -0.25) is 4.72 Å². The summed E-state index contributed by atoms with van der Waals surface area (Å²) in [7, 11) is -3.89. The van der Waals surface area contributed by atoms with E-state index >= 15 is 0 Å². The molecule has 0 aliphatic heterocycles. The van der Waals surface area contributed by atoms with E-state index in [1.54, 1.807) is 18.2 Å². The highest BCUT2D eigenvalue weighted by atomic mass is 35.5. The third-order valence-corrected chi connectivity index (χ3v) is 7.67. The van der Waals surface area contributed by atoms with E-state index in [4.69, 9.17) is 11.6 Å². The number of anilines is 1. The van der Waals surface area contributed by atoms with Crippen molar-refractivity contribution in [2.75, 3.05) is 25.0 Å². The van der Waals surface area contributed by atoms with Crippen LogP contribution in [0.5, 0.6) is 0 Å². The van der Waals surface area contributed by atoms with Crippen molar-refractivity contribution in [1.29, 1.82) is 0 Å². The van der Waals surface area contributed by atoms with Gasteiger partial charge in [-0.25, -0.2) is 8.42 Å². The smallest absolute Gasteiger partial charge is 0.261 e. The average molecular weight is 531 g/mol. The van der Waals surface area contributed by atoms with Crippen molar-refractivity contribution in [2.24, 2.45) is 0 Å². The summed E-state index contributed by atoms with van der Waals surface area (Å²) < 4.78 is 28.6. The van der Waals surface area contributed by atoms with Crippen LogP contribution in [-0.4, -0.2) is 39.0 Å². The molecule has 6 nitrogen and oxygen atoms in total. The van der Waals surface area contributed by atoms with Crippen LogP contribution in [0.2, 0.25) is 5.02 Å². The first-order valence-corrected chi connectivity index (χ1v) is 14.0. The zero-order valence-corrected chi connectivity index (χ0v) is 23.4. The zero-order valence-electron chi connectivity index (χ0n) is 21.8. The van der Waals surface area contributed by atoms with Crippen LogP contribution in [-0.2, 0) is 10.0 Å². The number of rotatable bonds is 15. The first-order chi connectivity index (χ1) is 17.0. The molecular weight excluding hydrogens is 492 g/mol. The van der Waals surface area contributed by atoms with Crippen molar-refractivity contribution in [1.82, 2.24) is 14.9 Å². The number of sulfonamides is 1. The summed E-state index contributed by atoms with van der Waals surface area (Å²) in [6.07, 6.45) is 2.07. The number of halogens is 1. The van der Waals surface area contributed by atoms with E-state index in [0.29, 0.717) is 27.7 Å². The summed E-state index contributed by atoms with van der Waals surface area (Å²) in [5.41, 5.74) is 3.44. The second-order valence-electron chi connectivity index (χ2n) is 8.89. The van der Waals surface area contributed by atoms with Gasteiger partial charge in [-0.15, -0.1) is 0 Å². The molecule has 0 heterocycles. The normalized spacial score (nSPS) is 12.2. The van der Waals surface area contributed by atoms with E-state index in [2.05, 4.69) is 60.8 Å². The minimum absolute atomic E-state index is 0.111. The molecule has 0 saturated carbocycles. The fourth-order valence-electron chi connectivity index (χ4n) is 3.72. The third-order valence-electron chi connectivity index (χ3n) is 5.95. The van der Waals surface area contributed by atoms with E-state index in [-0.39, 0.29) is 16.6 Å². The second kappa shape index (κ2) is 13.5. The van der Waals surface area contributed by atoms with E-state index in [9.17, 15) is 8.42 Å². The summed E-state index contributed by atoms with van der Waals surface area (Å²) in [6, 6.07) is 12.4. The number of hydrogen-bond acceptors (Lipinski definition) is 5. The van der Waals surface area contributed by atoms with Crippen molar-refractivity contribution >= 4 is 33.0 Å². The van der Waals surface area contributed by atoms with E-state index in [1.807, 2.05) is 25.1 Å². The zero-order chi connectivity index (χ0) is 26.9. The molecular formula is C28H39ClN4O2S. The molecule has 0 aromatic heterocycles. The van der Waals surface area contributed by atoms with Gasteiger partial charge in [-0.1, -0.05) is 63.4 Å². The Bertz CT molecular complexity index is 1190. The molecule has 1 atom stereocenters. The molecule has 0 fully saturated rings. The maximum absolute atomic E-state index is 13.1. The minimum Gasteiger partial charge on any atom is -0.383 e. The van der Waals surface area contributed by atoms with Gasteiger partial charge < -0.3 is 15.5 Å². The van der Waals surface area contributed by atoms with E-state index in [1.165, 1.54) is 6.07 Å². The SMILES string of the molecule is C=C(Nc1cc(C)ccc1Cl)C(=C)NS(=O)(=O)c1cccc(C(=C)NC(C)CCCN(CC)CC)c1. The van der Waals surface area contributed by atoms with Gasteiger partial charge in [-0.2, -0.15) is 0 Å². The molecule has 0 spiro atoms. The summed E-state index contributed by atoms with van der Waals surface area (Å²) in [5, 5.41) is 6.92. The van der Waals surface area contributed by atoms with Crippen molar-refractivity contribution in [3.63, 3.8) is 0 Å². The fourth-order valence-corrected chi connectivity index (χ4v) is 4.99. The predicted molar refractivity (Wildman–Crippen MR) is 154 cm³/mol. The molecule has 3 N–H and O–H groups in total. The second-order valence-corrected chi connectivity index (χ2v) is 11.0. The summed E-state index contributed by atoms with van der Waals surface area (Å²) in [4.78, 5) is 2.51. The monoisotopic (exact) mass is 530 g/mol. The van der Waals surface area contributed by atoms with Gasteiger partial charge in [0, 0.05) is 11.7 Å². The quantitative estimate of drug-likeness (QED) is 0.241. The molecule has 36 heavy (non-hydrogen) atoms. The lowest BCUT2D eigenvalue weighted by molar-refractivity contribution is 0.292. The van der Waals surface area contributed by atoms with Crippen molar-refractivity contribution in [3.8, 4) is 0 Å². The van der Waals surface area contributed by atoms with Gasteiger partial charge in [0.25, 0.3) is 10.0 Å². The average Bonchev–Trinajstić information content (AvgIpc) is 2.83. The highest BCUT2D eigenvalue weighted by Crippen LogP contribution is 2.25. The molecule has 0 radical (unpaired) electrons. The topological polar surface area (TPSA) is 73.5 Å². The van der Waals surface area contributed by atoms with Crippen molar-refractivity contribution in [3.05, 3.63) is 89.7 Å². The van der Waals surface area contributed by atoms with Crippen LogP contribution < -0.4 is 15.4 Å². The third kappa shape index (κ3) is 8.73. The molecule has 0 amide bonds. The van der Waals surface area contributed by atoms with E-state index < -0.39 is 10.0 Å². The van der Waals surface area contributed by atoms with E-state index in [0.717, 1.165) is 38.0 Å². The number of hydrogen-bond donors (Lipinski definition) is 3. The molecule has 1 unspecified atom stereocenters. The van der Waals surface area contributed by atoms with Crippen molar-refractivity contribution in [2.45, 2.75) is 51.5 Å². The number of nitrogens with zero attached hydrogens (tertiary/aromatic N) is 1. The lowest BCUT2D eigenvalue weighted by Crippen LogP contribution is -2.28. The molecule has 0 aliphatic rings. The fraction of sp³-hybridized carbons (Fsp3) is 0.357. The van der Waals surface area contributed by atoms with Gasteiger partial charge in [0.1, 0.15) is 0 Å². The first kappa shape index (κ1) is 29.5. The first-order valence-electron chi connectivity index (χ1n) is 12.2. The molecule has 196 valence electrons.